The average Bonchev–Trinajstić information content (AvgIpc) is 2.65. The number of morpholine rings is 1. The van der Waals surface area contributed by atoms with E-state index in [0.717, 1.165) is 25.8 Å². The Labute approximate surface area is 90.8 Å². The standard InChI is InChI=1S/C11H21NO3/c1-8-7-15-9(6-13)5-12(8)10-3-2-4-11(10)14/h8-11,13-14H,2-7H2,1H3/t8?,9?,10-,11-/m1/s1. The highest BCUT2D eigenvalue weighted by Gasteiger charge is 2.36. The molecule has 2 rings (SSSR count). The lowest BCUT2D eigenvalue weighted by Crippen LogP contribution is -2.55. The normalized spacial score (nSPS) is 43.4. The van der Waals surface area contributed by atoms with Crippen LogP contribution in [0.2, 0.25) is 0 Å². The van der Waals surface area contributed by atoms with Crippen LogP contribution in [0.25, 0.3) is 0 Å². The van der Waals surface area contributed by atoms with Gasteiger partial charge in [0.05, 0.1) is 25.4 Å². The van der Waals surface area contributed by atoms with Crippen molar-refractivity contribution in [2.45, 2.75) is 50.5 Å². The minimum absolute atomic E-state index is 0.0750. The summed E-state index contributed by atoms with van der Waals surface area (Å²) >= 11 is 0. The van der Waals surface area contributed by atoms with Gasteiger partial charge in [-0.25, -0.2) is 0 Å². The van der Waals surface area contributed by atoms with Gasteiger partial charge in [0, 0.05) is 18.6 Å². The molecule has 0 amide bonds. The highest BCUT2D eigenvalue weighted by atomic mass is 16.5. The molecular weight excluding hydrogens is 194 g/mol. The fraction of sp³-hybridized carbons (Fsp3) is 1.00. The third-order valence-corrected chi connectivity index (χ3v) is 3.63. The summed E-state index contributed by atoms with van der Waals surface area (Å²) in [5.74, 6) is 0. The van der Waals surface area contributed by atoms with E-state index in [1.54, 1.807) is 0 Å². The molecule has 1 saturated heterocycles. The molecular formula is C11H21NO3. The Balaban J connectivity index is 1.98. The quantitative estimate of drug-likeness (QED) is 0.680. The highest BCUT2D eigenvalue weighted by Crippen LogP contribution is 2.27. The van der Waals surface area contributed by atoms with Gasteiger partial charge >= 0.3 is 0 Å². The van der Waals surface area contributed by atoms with E-state index in [4.69, 9.17) is 9.84 Å². The fourth-order valence-electron chi connectivity index (χ4n) is 2.72. The van der Waals surface area contributed by atoms with Crippen LogP contribution in [0.1, 0.15) is 26.2 Å². The third-order valence-electron chi connectivity index (χ3n) is 3.63. The van der Waals surface area contributed by atoms with Crippen molar-refractivity contribution in [3.63, 3.8) is 0 Å². The molecule has 0 aromatic heterocycles. The van der Waals surface area contributed by atoms with Gasteiger partial charge in [0.1, 0.15) is 0 Å². The zero-order valence-corrected chi connectivity index (χ0v) is 9.30. The number of aliphatic hydroxyl groups is 2. The maximum Gasteiger partial charge on any atom is 0.0933 e. The minimum atomic E-state index is -0.190. The second-order valence-electron chi connectivity index (χ2n) is 4.75. The Morgan fingerprint density at radius 2 is 2.20 bits per heavy atom. The number of hydrogen-bond donors (Lipinski definition) is 2. The van der Waals surface area contributed by atoms with Gasteiger partial charge in [-0.05, 0) is 26.2 Å². The van der Waals surface area contributed by atoms with Gasteiger partial charge in [0.25, 0.3) is 0 Å². The predicted octanol–water partition coefficient (Wildman–Crippen LogP) is -0.0186. The lowest BCUT2D eigenvalue weighted by molar-refractivity contribution is -0.102. The van der Waals surface area contributed by atoms with Crippen LogP contribution in [0.15, 0.2) is 0 Å². The Hall–Kier alpha value is -0.160. The molecule has 4 nitrogen and oxygen atoms in total. The summed E-state index contributed by atoms with van der Waals surface area (Å²) in [6, 6.07) is 0.628. The number of aliphatic hydroxyl groups excluding tert-OH is 2. The third kappa shape index (κ3) is 2.33. The van der Waals surface area contributed by atoms with Gasteiger partial charge in [-0.3, -0.25) is 4.90 Å². The molecule has 1 aliphatic heterocycles. The molecule has 1 aliphatic carbocycles. The maximum absolute atomic E-state index is 9.87. The molecule has 2 unspecified atom stereocenters. The van der Waals surface area contributed by atoms with Crippen molar-refractivity contribution in [3.05, 3.63) is 0 Å². The van der Waals surface area contributed by atoms with Crippen LogP contribution >= 0.6 is 0 Å². The number of hydrogen-bond acceptors (Lipinski definition) is 4. The first-order valence-corrected chi connectivity index (χ1v) is 5.88. The van der Waals surface area contributed by atoms with E-state index in [2.05, 4.69) is 11.8 Å². The lowest BCUT2D eigenvalue weighted by Gasteiger charge is -2.42. The monoisotopic (exact) mass is 215 g/mol. The van der Waals surface area contributed by atoms with Gasteiger partial charge in [-0.15, -0.1) is 0 Å². The molecule has 1 heterocycles. The van der Waals surface area contributed by atoms with Crippen molar-refractivity contribution in [1.29, 1.82) is 0 Å². The molecule has 4 atom stereocenters. The van der Waals surface area contributed by atoms with Gasteiger partial charge in [0.15, 0.2) is 0 Å². The van der Waals surface area contributed by atoms with Crippen molar-refractivity contribution in [2.75, 3.05) is 19.8 Å². The second-order valence-corrected chi connectivity index (χ2v) is 4.75. The summed E-state index contributed by atoms with van der Waals surface area (Å²) in [6.45, 7) is 3.61. The van der Waals surface area contributed by atoms with Crippen molar-refractivity contribution in [3.8, 4) is 0 Å². The van der Waals surface area contributed by atoms with E-state index in [1.165, 1.54) is 0 Å². The van der Waals surface area contributed by atoms with Crippen molar-refractivity contribution in [1.82, 2.24) is 4.90 Å². The van der Waals surface area contributed by atoms with Gasteiger partial charge in [0.2, 0.25) is 0 Å². The van der Waals surface area contributed by atoms with Crippen molar-refractivity contribution in [2.24, 2.45) is 0 Å². The van der Waals surface area contributed by atoms with E-state index >= 15 is 0 Å². The molecule has 88 valence electrons. The van der Waals surface area contributed by atoms with E-state index < -0.39 is 0 Å². The topological polar surface area (TPSA) is 52.9 Å². The summed E-state index contributed by atoms with van der Waals surface area (Å²) in [5.41, 5.74) is 0. The molecule has 0 radical (unpaired) electrons. The van der Waals surface area contributed by atoms with Crippen LogP contribution in [-0.2, 0) is 4.74 Å². The molecule has 0 aromatic rings. The number of ether oxygens (including phenoxy) is 1. The molecule has 0 spiro atoms. The molecule has 2 N–H and O–H groups in total. The van der Waals surface area contributed by atoms with Crippen LogP contribution < -0.4 is 0 Å². The van der Waals surface area contributed by atoms with Crippen LogP contribution in [0, 0.1) is 0 Å². The summed E-state index contributed by atoms with van der Waals surface area (Å²) in [6.07, 6.45) is 2.83. The molecule has 0 aromatic carbocycles. The zero-order valence-electron chi connectivity index (χ0n) is 9.30. The van der Waals surface area contributed by atoms with Gasteiger partial charge in [-0.2, -0.15) is 0 Å². The first kappa shape index (κ1) is 11.3. The molecule has 2 aliphatic rings. The number of nitrogens with zero attached hydrogens (tertiary/aromatic N) is 1. The minimum Gasteiger partial charge on any atom is -0.394 e. The van der Waals surface area contributed by atoms with E-state index in [1.807, 2.05) is 0 Å². The van der Waals surface area contributed by atoms with Crippen molar-refractivity contribution >= 4 is 0 Å². The SMILES string of the molecule is CC1COC(CO)CN1[C@@H]1CCC[C@H]1O. The summed E-state index contributed by atoms with van der Waals surface area (Å²) < 4.78 is 5.49. The van der Waals surface area contributed by atoms with Crippen molar-refractivity contribution < 1.29 is 14.9 Å². The second kappa shape index (κ2) is 4.78. The molecule has 2 fully saturated rings. The van der Waals surface area contributed by atoms with Crippen LogP contribution in [0.3, 0.4) is 0 Å². The van der Waals surface area contributed by atoms with Gasteiger partial charge < -0.3 is 14.9 Å². The van der Waals surface area contributed by atoms with Gasteiger partial charge in [-0.1, -0.05) is 0 Å². The smallest absolute Gasteiger partial charge is 0.0933 e. The Morgan fingerprint density at radius 1 is 1.40 bits per heavy atom. The van der Waals surface area contributed by atoms with E-state index in [0.29, 0.717) is 12.6 Å². The molecule has 4 heteroatoms. The average molecular weight is 215 g/mol. The van der Waals surface area contributed by atoms with E-state index in [9.17, 15) is 5.11 Å². The van der Waals surface area contributed by atoms with E-state index in [-0.39, 0.29) is 24.9 Å². The lowest BCUT2D eigenvalue weighted by atomic mass is 10.1. The van der Waals surface area contributed by atoms with Crippen LogP contribution in [0.5, 0.6) is 0 Å². The Bertz CT molecular complexity index is 212. The largest absolute Gasteiger partial charge is 0.394 e. The Morgan fingerprint density at radius 3 is 2.80 bits per heavy atom. The summed E-state index contributed by atoms with van der Waals surface area (Å²) in [7, 11) is 0. The number of rotatable bonds is 2. The molecule has 1 saturated carbocycles. The summed E-state index contributed by atoms with van der Waals surface area (Å²) in [5, 5.41) is 19.0. The van der Waals surface area contributed by atoms with Crippen LogP contribution in [0.4, 0.5) is 0 Å². The molecule has 0 bridgehead atoms. The zero-order chi connectivity index (χ0) is 10.8. The molecule has 15 heavy (non-hydrogen) atoms. The van der Waals surface area contributed by atoms with Crippen LogP contribution in [-0.4, -0.2) is 59.2 Å². The maximum atomic E-state index is 9.87. The Kier molecular flexibility index (Phi) is 3.61. The predicted molar refractivity (Wildman–Crippen MR) is 56.6 cm³/mol. The first-order valence-electron chi connectivity index (χ1n) is 5.88. The fourth-order valence-corrected chi connectivity index (χ4v) is 2.72. The summed E-state index contributed by atoms with van der Waals surface area (Å²) in [4.78, 5) is 2.31. The first-order chi connectivity index (χ1) is 7.22. The highest BCUT2D eigenvalue weighted by molar-refractivity contribution is 4.90.